The van der Waals surface area contributed by atoms with E-state index in [0.717, 1.165) is 37.7 Å². The summed E-state index contributed by atoms with van der Waals surface area (Å²) in [6.07, 6.45) is 11.9. The van der Waals surface area contributed by atoms with E-state index in [1.807, 2.05) is 6.08 Å². The van der Waals surface area contributed by atoms with Gasteiger partial charge in [-0.05, 0) is 50.4 Å². The van der Waals surface area contributed by atoms with Gasteiger partial charge in [-0.2, -0.15) is 0 Å². The smallest absolute Gasteiger partial charge is 0.246 e. The molecule has 24 heavy (non-hydrogen) atoms. The second-order valence-electron chi connectivity index (χ2n) is 7.41. The summed E-state index contributed by atoms with van der Waals surface area (Å²) in [6.45, 7) is 0.928. The number of hydrogen-bond donors (Lipinski definition) is 1. The first-order valence-corrected chi connectivity index (χ1v) is 9.17. The van der Waals surface area contributed by atoms with Crippen molar-refractivity contribution in [1.82, 2.24) is 10.2 Å². The van der Waals surface area contributed by atoms with Crippen LogP contribution < -0.4 is 5.32 Å². The Balaban J connectivity index is 1.27. The van der Waals surface area contributed by atoms with Gasteiger partial charge >= 0.3 is 0 Å². The van der Waals surface area contributed by atoms with Crippen LogP contribution in [0, 0.1) is 23.7 Å². The van der Waals surface area contributed by atoms with Gasteiger partial charge in [0, 0.05) is 18.7 Å². The van der Waals surface area contributed by atoms with Crippen LogP contribution in [-0.4, -0.2) is 35.7 Å². The minimum atomic E-state index is -0.116. The topological polar surface area (TPSA) is 66.5 Å². The highest BCUT2D eigenvalue weighted by atomic mass is 16.2. The zero-order valence-corrected chi connectivity index (χ0v) is 13.9. The SMILES string of the molecule is O=C(NCCCN1C(=O)[C@@H]2[C@H](C1=O)[C@H]1C=C[C@H]2C1)C1=CCCCC1. The molecule has 1 heterocycles. The number of hydrogen-bond acceptors (Lipinski definition) is 3. The number of carbonyl (C=O) groups is 3. The van der Waals surface area contributed by atoms with Crippen LogP contribution in [0.3, 0.4) is 0 Å². The molecule has 1 saturated heterocycles. The van der Waals surface area contributed by atoms with Gasteiger partial charge in [-0.1, -0.05) is 18.2 Å². The Hall–Kier alpha value is -1.91. The molecule has 4 aliphatic rings. The van der Waals surface area contributed by atoms with Crippen molar-refractivity contribution in [3.05, 3.63) is 23.8 Å². The van der Waals surface area contributed by atoms with Gasteiger partial charge in [0.2, 0.25) is 17.7 Å². The van der Waals surface area contributed by atoms with Crippen molar-refractivity contribution < 1.29 is 14.4 Å². The Kier molecular flexibility index (Phi) is 4.02. The molecule has 2 fully saturated rings. The number of imide groups is 1. The van der Waals surface area contributed by atoms with Crippen molar-refractivity contribution in [1.29, 1.82) is 0 Å². The van der Waals surface area contributed by atoms with Crippen LogP contribution in [0.2, 0.25) is 0 Å². The first-order chi connectivity index (χ1) is 11.7. The molecule has 3 aliphatic carbocycles. The van der Waals surface area contributed by atoms with E-state index in [0.29, 0.717) is 19.5 Å². The average Bonchev–Trinajstić information content (AvgIpc) is 3.28. The van der Waals surface area contributed by atoms with E-state index in [2.05, 4.69) is 17.5 Å². The molecule has 0 spiro atoms. The highest BCUT2D eigenvalue weighted by Crippen LogP contribution is 2.52. The number of fused-ring (bicyclic) bond motifs is 5. The summed E-state index contributed by atoms with van der Waals surface area (Å²) in [5, 5.41) is 2.92. The van der Waals surface area contributed by atoms with Gasteiger partial charge in [0.25, 0.3) is 0 Å². The summed E-state index contributed by atoms with van der Waals surface area (Å²) in [7, 11) is 0. The number of amides is 3. The molecule has 0 aromatic carbocycles. The van der Waals surface area contributed by atoms with E-state index in [-0.39, 0.29) is 41.4 Å². The summed E-state index contributed by atoms with van der Waals surface area (Å²) in [4.78, 5) is 38.6. The molecule has 4 atom stereocenters. The zero-order chi connectivity index (χ0) is 16.7. The minimum absolute atomic E-state index is 0.00293. The summed E-state index contributed by atoms with van der Waals surface area (Å²) in [5.41, 5.74) is 0.881. The number of likely N-dealkylation sites (tertiary alicyclic amines) is 1. The van der Waals surface area contributed by atoms with E-state index in [4.69, 9.17) is 0 Å². The maximum atomic E-state index is 12.5. The maximum Gasteiger partial charge on any atom is 0.246 e. The Bertz CT molecular complexity index is 607. The fraction of sp³-hybridized carbons (Fsp3) is 0.632. The molecule has 5 nitrogen and oxygen atoms in total. The second kappa shape index (κ2) is 6.19. The third-order valence-electron chi connectivity index (χ3n) is 5.99. The van der Waals surface area contributed by atoms with Gasteiger partial charge in [-0.25, -0.2) is 0 Å². The van der Waals surface area contributed by atoms with Crippen molar-refractivity contribution in [3.63, 3.8) is 0 Å². The highest BCUT2D eigenvalue weighted by molar-refractivity contribution is 6.06. The maximum absolute atomic E-state index is 12.5. The predicted molar refractivity (Wildman–Crippen MR) is 88.6 cm³/mol. The molecule has 1 saturated carbocycles. The molecule has 5 heteroatoms. The van der Waals surface area contributed by atoms with E-state index in [1.54, 1.807) is 0 Å². The van der Waals surface area contributed by atoms with Gasteiger partial charge in [-0.3, -0.25) is 19.3 Å². The minimum Gasteiger partial charge on any atom is -0.352 e. The fourth-order valence-electron chi connectivity index (χ4n) is 4.78. The Morgan fingerprint density at radius 2 is 1.83 bits per heavy atom. The first kappa shape index (κ1) is 15.6. The molecule has 1 N–H and O–H groups in total. The lowest BCUT2D eigenvalue weighted by Crippen LogP contribution is -2.36. The second-order valence-corrected chi connectivity index (χ2v) is 7.41. The zero-order valence-electron chi connectivity index (χ0n) is 13.9. The number of nitrogens with one attached hydrogen (secondary N) is 1. The Labute approximate surface area is 142 Å². The van der Waals surface area contributed by atoms with Gasteiger partial charge < -0.3 is 5.32 Å². The number of allylic oxidation sites excluding steroid dienone is 3. The van der Waals surface area contributed by atoms with E-state index in [1.165, 1.54) is 4.90 Å². The normalized spacial score (nSPS) is 33.8. The van der Waals surface area contributed by atoms with E-state index < -0.39 is 0 Å². The standard InChI is InChI=1S/C19H24N2O3/c22-17(12-5-2-1-3-6-12)20-9-4-10-21-18(23)15-13-7-8-14(11-13)16(15)19(21)24/h5,7-8,13-16H,1-4,6,9-11H2,(H,20,22)/t13-,14-,15-,16+/m0/s1. The molecule has 0 aromatic rings. The summed E-state index contributed by atoms with van der Waals surface area (Å²) >= 11 is 0. The van der Waals surface area contributed by atoms with Crippen molar-refractivity contribution in [2.24, 2.45) is 23.7 Å². The average molecular weight is 328 g/mol. The summed E-state index contributed by atoms with van der Waals surface area (Å²) < 4.78 is 0. The Morgan fingerprint density at radius 1 is 1.12 bits per heavy atom. The predicted octanol–water partition coefficient (Wildman–Crippen LogP) is 1.80. The van der Waals surface area contributed by atoms with Crippen LogP contribution in [-0.2, 0) is 14.4 Å². The van der Waals surface area contributed by atoms with E-state index >= 15 is 0 Å². The lowest BCUT2D eigenvalue weighted by molar-refractivity contribution is -0.140. The quantitative estimate of drug-likeness (QED) is 0.475. The van der Waals surface area contributed by atoms with Crippen LogP contribution in [0.5, 0.6) is 0 Å². The van der Waals surface area contributed by atoms with Crippen LogP contribution >= 0.6 is 0 Å². The highest BCUT2D eigenvalue weighted by Gasteiger charge is 2.58. The molecule has 0 unspecified atom stereocenters. The van der Waals surface area contributed by atoms with Gasteiger partial charge in [0.1, 0.15) is 0 Å². The largest absolute Gasteiger partial charge is 0.352 e. The Morgan fingerprint density at radius 3 is 2.46 bits per heavy atom. The number of nitrogens with zero attached hydrogens (tertiary/aromatic N) is 1. The third kappa shape index (κ3) is 2.50. The molecular weight excluding hydrogens is 304 g/mol. The van der Waals surface area contributed by atoms with E-state index in [9.17, 15) is 14.4 Å². The lowest BCUT2D eigenvalue weighted by Gasteiger charge is -2.17. The fourth-order valence-corrected chi connectivity index (χ4v) is 4.78. The van der Waals surface area contributed by atoms with Crippen LogP contribution in [0.15, 0.2) is 23.8 Å². The molecule has 1 aliphatic heterocycles. The molecule has 3 amide bonds. The summed E-state index contributed by atoms with van der Waals surface area (Å²) in [6, 6.07) is 0. The molecular formula is C19H24N2O3. The van der Waals surface area contributed by atoms with Crippen LogP contribution in [0.1, 0.15) is 38.5 Å². The summed E-state index contributed by atoms with van der Waals surface area (Å²) in [5.74, 6) is 0.307. The van der Waals surface area contributed by atoms with Crippen molar-refractivity contribution >= 4 is 17.7 Å². The van der Waals surface area contributed by atoms with Gasteiger partial charge in [0.15, 0.2) is 0 Å². The first-order valence-electron chi connectivity index (χ1n) is 9.17. The van der Waals surface area contributed by atoms with Crippen molar-refractivity contribution in [2.45, 2.75) is 38.5 Å². The third-order valence-corrected chi connectivity index (χ3v) is 5.99. The van der Waals surface area contributed by atoms with Gasteiger partial charge in [0.05, 0.1) is 11.8 Å². The monoisotopic (exact) mass is 328 g/mol. The number of rotatable bonds is 5. The number of carbonyl (C=O) groups excluding carboxylic acids is 3. The van der Waals surface area contributed by atoms with Crippen molar-refractivity contribution in [2.75, 3.05) is 13.1 Å². The molecule has 2 bridgehead atoms. The van der Waals surface area contributed by atoms with Gasteiger partial charge in [-0.15, -0.1) is 0 Å². The molecule has 0 radical (unpaired) electrons. The van der Waals surface area contributed by atoms with Crippen LogP contribution in [0.25, 0.3) is 0 Å². The molecule has 4 rings (SSSR count). The van der Waals surface area contributed by atoms with Crippen LogP contribution in [0.4, 0.5) is 0 Å². The molecule has 0 aromatic heterocycles. The molecule has 128 valence electrons. The van der Waals surface area contributed by atoms with Crippen molar-refractivity contribution in [3.8, 4) is 0 Å². The lowest BCUT2D eigenvalue weighted by atomic mass is 9.85.